The summed E-state index contributed by atoms with van der Waals surface area (Å²) in [4.78, 5) is 16.8. The number of aromatic nitrogens is 4. The van der Waals surface area contributed by atoms with Crippen LogP contribution in [0.1, 0.15) is 56.2 Å². The first-order valence-corrected chi connectivity index (χ1v) is 14.5. The van der Waals surface area contributed by atoms with E-state index in [0.717, 1.165) is 50.3 Å². The van der Waals surface area contributed by atoms with Crippen LogP contribution in [0.4, 0.5) is 17.3 Å². The van der Waals surface area contributed by atoms with E-state index in [1.165, 1.54) is 0 Å². The maximum absolute atomic E-state index is 10.3. The van der Waals surface area contributed by atoms with Crippen molar-refractivity contribution in [3.05, 3.63) is 71.8 Å². The van der Waals surface area contributed by atoms with Gasteiger partial charge in [-0.05, 0) is 64.4 Å². The van der Waals surface area contributed by atoms with Crippen LogP contribution in [-0.4, -0.2) is 68.5 Å². The molecule has 1 atom stereocenters. The Labute approximate surface area is 244 Å². The number of nitrogens with one attached hydrogen (secondary N) is 2. The Morgan fingerprint density at radius 3 is 2.52 bits per heavy atom. The molecule has 4 N–H and O–H groups in total. The normalized spacial score (nSPS) is 23.0. The van der Waals surface area contributed by atoms with Crippen molar-refractivity contribution in [2.24, 2.45) is 0 Å². The van der Waals surface area contributed by atoms with Gasteiger partial charge < -0.3 is 34.8 Å². The van der Waals surface area contributed by atoms with Gasteiger partial charge in [0.2, 0.25) is 0 Å². The highest BCUT2D eigenvalue weighted by molar-refractivity contribution is 6.61. The van der Waals surface area contributed by atoms with E-state index in [0.29, 0.717) is 39.9 Å². The number of fused-ring (bicyclic) bond motifs is 4. The molecular weight excluding hydrogens is 533 g/mol. The summed E-state index contributed by atoms with van der Waals surface area (Å²) in [6, 6.07) is 14.9. The summed E-state index contributed by atoms with van der Waals surface area (Å²) < 4.78 is 11.5. The van der Waals surface area contributed by atoms with Crippen LogP contribution in [0.25, 0.3) is 11.5 Å². The molecule has 7 heterocycles. The van der Waals surface area contributed by atoms with Gasteiger partial charge in [-0.3, -0.25) is 0 Å². The van der Waals surface area contributed by atoms with Gasteiger partial charge in [-0.2, -0.15) is 4.98 Å². The predicted molar refractivity (Wildman–Crippen MR) is 159 cm³/mol. The van der Waals surface area contributed by atoms with E-state index in [9.17, 15) is 10.1 Å². The van der Waals surface area contributed by atoms with E-state index < -0.39 is 12.7 Å². The third-order valence-electron chi connectivity index (χ3n) is 8.89. The Hall–Kier alpha value is -3.84. The summed E-state index contributed by atoms with van der Waals surface area (Å²) in [6.07, 6.45) is 4.80. The number of nitrogens with zero attached hydrogens (tertiary/aromatic N) is 5. The van der Waals surface area contributed by atoms with Crippen LogP contribution in [0.15, 0.2) is 59.3 Å². The van der Waals surface area contributed by atoms with Crippen molar-refractivity contribution < 1.29 is 19.3 Å². The van der Waals surface area contributed by atoms with E-state index >= 15 is 0 Å². The average Bonchev–Trinajstić information content (AvgIpc) is 3.60. The van der Waals surface area contributed by atoms with Crippen LogP contribution in [0.5, 0.6) is 0 Å². The molecule has 0 aliphatic carbocycles. The quantitative estimate of drug-likeness (QED) is 0.233. The Morgan fingerprint density at radius 2 is 1.79 bits per heavy atom. The summed E-state index contributed by atoms with van der Waals surface area (Å²) in [5, 5.41) is 31.8. The van der Waals surface area contributed by atoms with E-state index in [1.54, 1.807) is 12.3 Å². The van der Waals surface area contributed by atoms with Crippen molar-refractivity contribution >= 4 is 29.9 Å². The number of benzene rings is 1. The van der Waals surface area contributed by atoms with Crippen molar-refractivity contribution in [3.8, 4) is 11.5 Å². The highest BCUT2D eigenvalue weighted by Crippen LogP contribution is 2.42. The zero-order chi connectivity index (χ0) is 28.9. The fourth-order valence-corrected chi connectivity index (χ4v) is 6.38. The number of aliphatic hydroxyl groups excluding tert-OH is 1. The molecule has 1 unspecified atom stereocenters. The average molecular weight is 567 g/mol. The lowest BCUT2D eigenvalue weighted by Gasteiger charge is -2.46. The van der Waals surface area contributed by atoms with Gasteiger partial charge in [-0.15, -0.1) is 0 Å². The number of hydrogen-bond donors (Lipinski definition) is 4. The molecule has 216 valence electrons. The minimum absolute atomic E-state index is 0.0407. The molecule has 12 heteroatoms. The molecule has 3 saturated heterocycles. The minimum atomic E-state index is -1.00. The molecular formula is C30H34BN7O4. The SMILES string of the molecule is CC1(C)OB(O)c2ccc(Nc3cc(NC(CO)c4ccccc4)c(-c4nc(C56CCN(CC5)CC6)no4)cn3)nc21. The number of aliphatic hydroxyl groups is 1. The molecule has 0 amide bonds. The fourth-order valence-electron chi connectivity index (χ4n) is 6.38. The predicted octanol–water partition coefficient (Wildman–Crippen LogP) is 3.11. The van der Waals surface area contributed by atoms with Gasteiger partial charge in [0.25, 0.3) is 5.89 Å². The number of rotatable bonds is 8. The monoisotopic (exact) mass is 567 g/mol. The standard InChI is InChI=1S/C30H34BN7O4/c1-29(2)26-21(31(40)42-29)8-9-24(35-26)34-25-16-22(33-23(18-39)19-6-4-3-5-7-19)20(17-32-25)27-36-28(37-41-27)30-10-13-38(14-11-30)15-12-30/h3-9,16-17,23,39-40H,10-15,18H2,1-2H3,(H2,32,33,34,35). The number of hydrogen-bond acceptors (Lipinski definition) is 11. The van der Waals surface area contributed by atoms with Crippen molar-refractivity contribution in [2.75, 3.05) is 36.9 Å². The Kier molecular flexibility index (Phi) is 6.73. The minimum Gasteiger partial charge on any atom is -0.423 e. The van der Waals surface area contributed by atoms with Crippen molar-refractivity contribution in [3.63, 3.8) is 0 Å². The van der Waals surface area contributed by atoms with Gasteiger partial charge in [-0.1, -0.05) is 41.6 Å². The molecule has 42 heavy (non-hydrogen) atoms. The molecule has 0 saturated carbocycles. The topological polar surface area (TPSA) is 142 Å². The summed E-state index contributed by atoms with van der Waals surface area (Å²) in [5.74, 6) is 2.26. The maximum atomic E-state index is 10.3. The molecule has 3 fully saturated rings. The molecule has 4 aliphatic heterocycles. The van der Waals surface area contributed by atoms with Crippen LogP contribution >= 0.6 is 0 Å². The zero-order valence-electron chi connectivity index (χ0n) is 23.7. The fraction of sp³-hybridized carbons (Fsp3) is 0.400. The van der Waals surface area contributed by atoms with E-state index in [4.69, 9.17) is 19.1 Å². The third kappa shape index (κ3) is 4.84. The van der Waals surface area contributed by atoms with E-state index in [-0.39, 0.29) is 18.1 Å². The second-order valence-corrected chi connectivity index (χ2v) is 11.9. The lowest BCUT2D eigenvalue weighted by Crippen LogP contribution is -2.51. The molecule has 1 aromatic carbocycles. The molecule has 0 radical (unpaired) electrons. The van der Waals surface area contributed by atoms with Crippen LogP contribution in [0.2, 0.25) is 0 Å². The summed E-state index contributed by atoms with van der Waals surface area (Å²) >= 11 is 0. The van der Waals surface area contributed by atoms with Crippen LogP contribution in [0.3, 0.4) is 0 Å². The van der Waals surface area contributed by atoms with Gasteiger partial charge in [0.1, 0.15) is 11.6 Å². The first kappa shape index (κ1) is 27.0. The molecule has 3 aromatic heterocycles. The Morgan fingerprint density at radius 1 is 1.02 bits per heavy atom. The summed E-state index contributed by atoms with van der Waals surface area (Å²) in [5.41, 5.74) is 2.84. The Bertz CT molecular complexity index is 1580. The molecule has 4 aromatic rings. The van der Waals surface area contributed by atoms with Gasteiger partial charge >= 0.3 is 7.12 Å². The van der Waals surface area contributed by atoms with Gasteiger partial charge in [-0.25, -0.2) is 9.97 Å². The molecule has 11 nitrogen and oxygen atoms in total. The highest BCUT2D eigenvalue weighted by Gasteiger charge is 2.44. The molecule has 8 rings (SSSR count). The molecule has 0 spiro atoms. The first-order valence-electron chi connectivity index (χ1n) is 14.5. The summed E-state index contributed by atoms with van der Waals surface area (Å²) in [6.45, 7) is 6.82. The molecule has 2 bridgehead atoms. The number of anilines is 3. The first-order chi connectivity index (χ1) is 20.3. The maximum Gasteiger partial charge on any atom is 0.493 e. The van der Waals surface area contributed by atoms with Crippen molar-refractivity contribution in [2.45, 2.75) is 50.2 Å². The van der Waals surface area contributed by atoms with Gasteiger partial charge in [0, 0.05) is 23.1 Å². The second kappa shape index (κ2) is 10.5. The van der Waals surface area contributed by atoms with Crippen molar-refractivity contribution in [1.82, 2.24) is 25.0 Å². The summed E-state index contributed by atoms with van der Waals surface area (Å²) in [7, 11) is -1.00. The molecule has 4 aliphatic rings. The lowest BCUT2D eigenvalue weighted by atomic mass is 9.71. The Balaban J connectivity index is 1.23. The van der Waals surface area contributed by atoms with Gasteiger partial charge in [0.15, 0.2) is 5.82 Å². The second-order valence-electron chi connectivity index (χ2n) is 11.9. The van der Waals surface area contributed by atoms with E-state index in [2.05, 4.69) is 25.7 Å². The van der Waals surface area contributed by atoms with Gasteiger partial charge in [0.05, 0.1) is 35.2 Å². The number of piperidine rings is 3. The highest BCUT2D eigenvalue weighted by atomic mass is 16.5. The van der Waals surface area contributed by atoms with Crippen LogP contribution in [0, 0.1) is 0 Å². The zero-order valence-corrected chi connectivity index (χ0v) is 23.7. The van der Waals surface area contributed by atoms with Crippen molar-refractivity contribution in [1.29, 1.82) is 0 Å². The van der Waals surface area contributed by atoms with Crippen LogP contribution in [-0.2, 0) is 15.7 Å². The van der Waals surface area contributed by atoms with E-state index in [1.807, 2.05) is 56.3 Å². The number of pyridine rings is 2. The third-order valence-corrected chi connectivity index (χ3v) is 8.89. The lowest BCUT2D eigenvalue weighted by molar-refractivity contribution is 0.0747. The van der Waals surface area contributed by atoms with Crippen LogP contribution < -0.4 is 16.1 Å². The smallest absolute Gasteiger partial charge is 0.423 e. The largest absolute Gasteiger partial charge is 0.493 e.